The quantitative estimate of drug-likeness (QED) is 0.664. The first-order valence-electron chi connectivity index (χ1n) is 3.70. The van der Waals surface area contributed by atoms with Crippen molar-refractivity contribution in [2.24, 2.45) is 7.05 Å². The average Bonchev–Trinajstić information content (AvgIpc) is 2.43. The average molecular weight is 163 g/mol. The smallest absolute Gasteiger partial charge is 0.113 e. The van der Waals surface area contributed by atoms with Crippen LogP contribution >= 0.6 is 0 Å². The second-order valence-corrected chi connectivity index (χ2v) is 2.67. The van der Waals surface area contributed by atoms with E-state index in [1.165, 1.54) is 4.80 Å². The summed E-state index contributed by atoms with van der Waals surface area (Å²) in [6.45, 7) is 0.0481. The number of aromatic nitrogens is 3. The fraction of sp³-hybridized carbons (Fsp3) is 0.250. The molecule has 4 nitrogen and oxygen atoms in total. The van der Waals surface area contributed by atoms with E-state index in [4.69, 9.17) is 5.11 Å². The lowest BCUT2D eigenvalue weighted by Gasteiger charge is -1.91. The van der Waals surface area contributed by atoms with E-state index in [2.05, 4.69) is 10.2 Å². The summed E-state index contributed by atoms with van der Waals surface area (Å²) >= 11 is 0. The van der Waals surface area contributed by atoms with Gasteiger partial charge in [0.05, 0.1) is 6.61 Å². The van der Waals surface area contributed by atoms with Crippen LogP contribution in [0.5, 0.6) is 0 Å². The molecule has 0 aliphatic heterocycles. The van der Waals surface area contributed by atoms with Gasteiger partial charge in [0, 0.05) is 7.05 Å². The van der Waals surface area contributed by atoms with Gasteiger partial charge in [-0.15, -0.1) is 0 Å². The number of benzene rings is 1. The molecule has 1 aromatic carbocycles. The number of aryl methyl sites for hydroxylation is 1. The molecule has 0 bridgehead atoms. The summed E-state index contributed by atoms with van der Waals surface area (Å²) in [5.41, 5.74) is 2.54. The molecule has 0 amide bonds. The third kappa shape index (κ3) is 1.06. The van der Waals surface area contributed by atoms with Crippen molar-refractivity contribution in [1.29, 1.82) is 0 Å². The van der Waals surface area contributed by atoms with Gasteiger partial charge in [-0.05, 0) is 17.7 Å². The van der Waals surface area contributed by atoms with Crippen molar-refractivity contribution < 1.29 is 5.11 Å². The van der Waals surface area contributed by atoms with Gasteiger partial charge >= 0.3 is 0 Å². The van der Waals surface area contributed by atoms with Gasteiger partial charge in [-0.2, -0.15) is 15.0 Å². The molecule has 1 aromatic heterocycles. The maximum absolute atomic E-state index is 8.85. The third-order valence-corrected chi connectivity index (χ3v) is 1.73. The predicted molar refractivity (Wildman–Crippen MR) is 44.4 cm³/mol. The van der Waals surface area contributed by atoms with Gasteiger partial charge < -0.3 is 5.11 Å². The lowest BCUT2D eigenvalue weighted by atomic mass is 10.2. The fourth-order valence-electron chi connectivity index (χ4n) is 1.17. The van der Waals surface area contributed by atoms with E-state index < -0.39 is 0 Å². The van der Waals surface area contributed by atoms with Gasteiger partial charge in [0.2, 0.25) is 0 Å². The molecule has 1 heterocycles. The standard InChI is InChI=1S/C8H9N3O/c1-11-9-7-3-2-6(5-12)4-8(7)10-11/h2-4,12H,5H2,1H3. The van der Waals surface area contributed by atoms with Crippen molar-refractivity contribution in [3.63, 3.8) is 0 Å². The maximum Gasteiger partial charge on any atom is 0.113 e. The molecule has 0 spiro atoms. The first-order chi connectivity index (χ1) is 5.79. The Labute approximate surface area is 69.4 Å². The maximum atomic E-state index is 8.85. The normalized spacial score (nSPS) is 10.8. The van der Waals surface area contributed by atoms with Crippen molar-refractivity contribution in [2.75, 3.05) is 0 Å². The van der Waals surface area contributed by atoms with E-state index >= 15 is 0 Å². The van der Waals surface area contributed by atoms with Crippen LogP contribution in [0.15, 0.2) is 18.2 Å². The van der Waals surface area contributed by atoms with Crippen molar-refractivity contribution in [1.82, 2.24) is 15.0 Å². The van der Waals surface area contributed by atoms with Crippen LogP contribution in [-0.2, 0) is 13.7 Å². The highest BCUT2D eigenvalue weighted by Gasteiger charge is 1.99. The molecule has 0 fully saturated rings. The van der Waals surface area contributed by atoms with Crippen LogP contribution in [0, 0.1) is 0 Å². The minimum absolute atomic E-state index is 0.0481. The first kappa shape index (κ1) is 7.24. The minimum Gasteiger partial charge on any atom is -0.392 e. The zero-order valence-corrected chi connectivity index (χ0v) is 6.73. The topological polar surface area (TPSA) is 50.9 Å². The summed E-state index contributed by atoms with van der Waals surface area (Å²) in [6, 6.07) is 5.53. The molecule has 2 aromatic rings. The zero-order valence-electron chi connectivity index (χ0n) is 6.73. The largest absolute Gasteiger partial charge is 0.392 e. The minimum atomic E-state index is 0.0481. The highest BCUT2D eigenvalue weighted by Crippen LogP contribution is 2.10. The van der Waals surface area contributed by atoms with Gasteiger partial charge in [0.25, 0.3) is 0 Å². The Morgan fingerprint density at radius 1 is 1.33 bits per heavy atom. The number of nitrogens with zero attached hydrogens (tertiary/aromatic N) is 3. The van der Waals surface area contributed by atoms with Crippen molar-refractivity contribution in [3.05, 3.63) is 23.8 Å². The summed E-state index contributed by atoms with van der Waals surface area (Å²) in [6.07, 6.45) is 0. The Bertz CT molecular complexity index is 408. The fourth-order valence-corrected chi connectivity index (χ4v) is 1.17. The first-order valence-corrected chi connectivity index (χ1v) is 3.70. The summed E-state index contributed by atoms with van der Waals surface area (Å²) in [4.78, 5) is 1.52. The number of hydrogen-bond acceptors (Lipinski definition) is 3. The van der Waals surface area contributed by atoms with Crippen LogP contribution in [0.1, 0.15) is 5.56 Å². The number of aliphatic hydroxyl groups excluding tert-OH is 1. The number of fused-ring (bicyclic) bond motifs is 1. The summed E-state index contributed by atoms with van der Waals surface area (Å²) in [5, 5.41) is 17.1. The van der Waals surface area contributed by atoms with Crippen molar-refractivity contribution in [3.8, 4) is 0 Å². The van der Waals surface area contributed by atoms with Gasteiger partial charge in [-0.3, -0.25) is 0 Å². The van der Waals surface area contributed by atoms with Crippen LogP contribution in [-0.4, -0.2) is 20.1 Å². The molecule has 0 saturated carbocycles. The second kappa shape index (κ2) is 2.57. The SMILES string of the molecule is Cn1nc2ccc(CO)cc2n1. The molecule has 62 valence electrons. The van der Waals surface area contributed by atoms with Crippen LogP contribution in [0.3, 0.4) is 0 Å². The molecular weight excluding hydrogens is 154 g/mol. The molecule has 0 saturated heterocycles. The van der Waals surface area contributed by atoms with E-state index in [9.17, 15) is 0 Å². The van der Waals surface area contributed by atoms with Crippen LogP contribution in [0.2, 0.25) is 0 Å². The van der Waals surface area contributed by atoms with Gasteiger partial charge in [-0.25, -0.2) is 0 Å². The van der Waals surface area contributed by atoms with Crippen LogP contribution in [0.4, 0.5) is 0 Å². The zero-order chi connectivity index (χ0) is 8.55. The lowest BCUT2D eigenvalue weighted by molar-refractivity contribution is 0.282. The molecule has 0 atom stereocenters. The predicted octanol–water partition coefficient (Wildman–Crippen LogP) is 0.461. The molecule has 1 N–H and O–H groups in total. The van der Waals surface area contributed by atoms with Gasteiger partial charge in [0.15, 0.2) is 0 Å². The highest BCUT2D eigenvalue weighted by atomic mass is 16.3. The Morgan fingerprint density at radius 3 is 2.83 bits per heavy atom. The summed E-state index contributed by atoms with van der Waals surface area (Å²) < 4.78 is 0. The number of aliphatic hydroxyl groups is 1. The van der Waals surface area contributed by atoms with Crippen LogP contribution in [0.25, 0.3) is 11.0 Å². The molecule has 0 aliphatic carbocycles. The van der Waals surface area contributed by atoms with E-state index in [-0.39, 0.29) is 6.61 Å². The van der Waals surface area contributed by atoms with E-state index in [0.29, 0.717) is 0 Å². The van der Waals surface area contributed by atoms with E-state index in [1.807, 2.05) is 18.2 Å². The highest BCUT2D eigenvalue weighted by molar-refractivity contribution is 5.74. The Hall–Kier alpha value is -1.42. The van der Waals surface area contributed by atoms with E-state index in [1.54, 1.807) is 7.05 Å². The third-order valence-electron chi connectivity index (χ3n) is 1.73. The molecule has 0 aliphatic rings. The lowest BCUT2D eigenvalue weighted by Crippen LogP contribution is -1.90. The number of hydrogen-bond donors (Lipinski definition) is 1. The second-order valence-electron chi connectivity index (χ2n) is 2.67. The van der Waals surface area contributed by atoms with Crippen molar-refractivity contribution >= 4 is 11.0 Å². The van der Waals surface area contributed by atoms with E-state index in [0.717, 1.165) is 16.6 Å². The van der Waals surface area contributed by atoms with Crippen molar-refractivity contribution in [2.45, 2.75) is 6.61 Å². The van der Waals surface area contributed by atoms with Crippen LogP contribution < -0.4 is 0 Å². The molecule has 0 radical (unpaired) electrons. The monoisotopic (exact) mass is 163 g/mol. The van der Waals surface area contributed by atoms with Gasteiger partial charge in [0.1, 0.15) is 11.0 Å². The molecular formula is C8H9N3O. The molecule has 12 heavy (non-hydrogen) atoms. The molecule has 0 unspecified atom stereocenters. The summed E-state index contributed by atoms with van der Waals surface area (Å²) in [7, 11) is 1.78. The molecule has 4 heteroatoms. The van der Waals surface area contributed by atoms with Gasteiger partial charge in [-0.1, -0.05) is 6.07 Å². The molecule has 2 rings (SSSR count). The summed E-state index contributed by atoms with van der Waals surface area (Å²) in [5.74, 6) is 0. The Morgan fingerprint density at radius 2 is 2.08 bits per heavy atom. The number of rotatable bonds is 1. The Balaban J connectivity index is 2.66. The Kier molecular flexibility index (Phi) is 1.55.